The van der Waals surface area contributed by atoms with Crippen molar-refractivity contribution in [2.75, 3.05) is 23.8 Å². The highest BCUT2D eigenvalue weighted by Gasteiger charge is 2.27. The van der Waals surface area contributed by atoms with Crippen molar-refractivity contribution in [3.63, 3.8) is 0 Å². The van der Waals surface area contributed by atoms with Gasteiger partial charge in [0, 0.05) is 30.2 Å². The Hall–Kier alpha value is -2.92. The maximum absolute atomic E-state index is 14.3. The average Bonchev–Trinajstić information content (AvgIpc) is 3.41. The molecule has 3 N–H and O–H groups in total. The van der Waals surface area contributed by atoms with Crippen LogP contribution in [0.5, 0.6) is 0 Å². The summed E-state index contributed by atoms with van der Waals surface area (Å²) in [5.41, 5.74) is -0.290. The third-order valence-electron chi connectivity index (χ3n) is 5.21. The summed E-state index contributed by atoms with van der Waals surface area (Å²) in [4.78, 5) is 12.7. The average molecular weight is 453 g/mol. The predicted octanol–water partition coefficient (Wildman–Crippen LogP) is 3.66. The Morgan fingerprint density at radius 3 is 2.59 bits per heavy atom. The van der Waals surface area contributed by atoms with Crippen LogP contribution in [0.4, 0.5) is 30.8 Å². The Bertz CT molecular complexity index is 1310. The quantitative estimate of drug-likeness (QED) is 0.542. The molecule has 32 heavy (non-hydrogen) atoms. The lowest BCUT2D eigenvalue weighted by molar-refractivity contribution is 0.126. The molecule has 1 saturated carbocycles. The summed E-state index contributed by atoms with van der Waals surface area (Å²) in [6.45, 7) is 0.629. The fraction of sp³-hybridized carbons (Fsp3) is 0.476. The molecular formula is C21H23F3N6O2. The number of aliphatic hydroxyl groups is 1. The summed E-state index contributed by atoms with van der Waals surface area (Å²) >= 11 is 0. The molecular weight excluding hydrogens is 425 g/mol. The van der Waals surface area contributed by atoms with Crippen LogP contribution in [0, 0.1) is 17.5 Å². The molecule has 0 amide bonds. The van der Waals surface area contributed by atoms with Gasteiger partial charge < -0.3 is 20.5 Å². The molecule has 0 radical (unpaired) electrons. The number of aliphatic hydroxyl groups excluding tert-OH is 1. The van der Waals surface area contributed by atoms with Gasteiger partial charge >= 0.3 is 0 Å². The number of hydrogen-bond acceptors (Lipinski definition) is 7. The Balaban J connectivity index is 1.58. The smallest absolute Gasteiger partial charge is 0.224 e. The van der Waals surface area contributed by atoms with E-state index in [9.17, 15) is 18.3 Å². The number of benzene rings is 1. The Kier molecular flexibility index (Phi) is 4.22. The van der Waals surface area contributed by atoms with Gasteiger partial charge in [-0.05, 0) is 32.0 Å². The number of anilines is 3. The second-order valence-corrected chi connectivity index (χ2v) is 7.51. The standard InChI is InChI=1S/C21H23F3N6O2/c22-11-7-15(23)18(16(24)8-11)28-21-27-17-9-25-20(26-12-1-3-14(31)4-2-12)29-19(17)30(21)13-5-6-32-10-13/h7-9,12-14,31H,1-6,10H2,(H,27,28)(H,25,26,29)/i1D2,2D2,12D. The number of aromatic nitrogens is 4. The Labute approximate surface area is 188 Å². The molecule has 2 fully saturated rings. The molecule has 1 saturated heterocycles. The molecule has 1 aliphatic carbocycles. The minimum Gasteiger partial charge on any atom is -0.393 e. The van der Waals surface area contributed by atoms with Crippen molar-refractivity contribution in [1.82, 2.24) is 19.5 Å². The molecule has 11 heteroatoms. The van der Waals surface area contributed by atoms with E-state index >= 15 is 0 Å². The largest absolute Gasteiger partial charge is 0.393 e. The molecule has 2 aliphatic rings. The molecule has 1 aliphatic heterocycles. The molecule has 1 aromatic carbocycles. The molecule has 2 aromatic heterocycles. The molecule has 5 rings (SSSR count). The van der Waals surface area contributed by atoms with Crippen molar-refractivity contribution in [3.05, 3.63) is 35.8 Å². The molecule has 8 nitrogen and oxygen atoms in total. The van der Waals surface area contributed by atoms with E-state index in [1.807, 2.05) is 0 Å². The van der Waals surface area contributed by atoms with Crippen LogP contribution < -0.4 is 10.6 Å². The molecule has 0 bridgehead atoms. The molecule has 170 valence electrons. The Morgan fingerprint density at radius 2 is 1.91 bits per heavy atom. The van der Waals surface area contributed by atoms with Gasteiger partial charge in [-0.3, -0.25) is 4.57 Å². The number of ether oxygens (including phenoxy) is 1. The summed E-state index contributed by atoms with van der Waals surface area (Å²) < 4.78 is 90.8. The summed E-state index contributed by atoms with van der Waals surface area (Å²) in [5.74, 6) is -3.75. The minimum atomic E-state index is -2.55. The van der Waals surface area contributed by atoms with Crippen molar-refractivity contribution in [2.24, 2.45) is 0 Å². The van der Waals surface area contributed by atoms with Crippen molar-refractivity contribution in [1.29, 1.82) is 0 Å². The highest BCUT2D eigenvalue weighted by molar-refractivity contribution is 5.76. The van der Waals surface area contributed by atoms with Gasteiger partial charge in [0.15, 0.2) is 17.3 Å². The second-order valence-electron chi connectivity index (χ2n) is 7.51. The molecule has 3 heterocycles. The van der Waals surface area contributed by atoms with E-state index in [2.05, 4.69) is 25.6 Å². The number of nitrogens with one attached hydrogen (secondary N) is 2. The van der Waals surface area contributed by atoms with Crippen LogP contribution in [0.15, 0.2) is 18.3 Å². The number of hydrogen-bond donors (Lipinski definition) is 3. The zero-order chi connectivity index (χ0) is 26.8. The zero-order valence-electron chi connectivity index (χ0n) is 21.7. The van der Waals surface area contributed by atoms with Crippen LogP contribution in [0.3, 0.4) is 0 Å². The van der Waals surface area contributed by atoms with Gasteiger partial charge in [-0.25, -0.2) is 23.1 Å². The molecule has 1 unspecified atom stereocenters. The predicted molar refractivity (Wildman–Crippen MR) is 111 cm³/mol. The van der Waals surface area contributed by atoms with E-state index in [1.54, 1.807) is 0 Å². The first-order valence-electron chi connectivity index (χ1n) is 12.5. The fourth-order valence-electron chi connectivity index (χ4n) is 3.66. The van der Waals surface area contributed by atoms with E-state index in [-0.39, 0.29) is 35.7 Å². The monoisotopic (exact) mass is 453 g/mol. The molecule has 1 atom stereocenters. The normalized spacial score (nSPS) is 31.3. The lowest BCUT2D eigenvalue weighted by Gasteiger charge is -2.26. The van der Waals surface area contributed by atoms with Gasteiger partial charge in [0.2, 0.25) is 11.9 Å². The first-order valence-corrected chi connectivity index (χ1v) is 10.0. The van der Waals surface area contributed by atoms with E-state index in [1.165, 1.54) is 10.8 Å². The third-order valence-corrected chi connectivity index (χ3v) is 5.21. The summed E-state index contributed by atoms with van der Waals surface area (Å²) in [6.07, 6.45) is -5.43. The number of nitrogens with zero attached hydrogens (tertiary/aromatic N) is 4. The van der Waals surface area contributed by atoms with Crippen LogP contribution in [0.2, 0.25) is 0 Å². The lowest BCUT2D eigenvalue weighted by Crippen LogP contribution is -2.29. The van der Waals surface area contributed by atoms with E-state index < -0.39 is 60.8 Å². The summed E-state index contributed by atoms with van der Waals surface area (Å²) in [5, 5.41) is 15.0. The number of imidazole rings is 1. The maximum atomic E-state index is 14.3. The van der Waals surface area contributed by atoms with Gasteiger partial charge in [-0.2, -0.15) is 4.98 Å². The van der Waals surface area contributed by atoms with Crippen molar-refractivity contribution in [2.45, 2.75) is 50.2 Å². The van der Waals surface area contributed by atoms with Gasteiger partial charge in [0.05, 0.1) is 26.3 Å². The summed E-state index contributed by atoms with van der Waals surface area (Å²) in [6, 6.07) is -1.87. The zero-order valence-corrected chi connectivity index (χ0v) is 16.7. The van der Waals surface area contributed by atoms with Crippen molar-refractivity contribution < 1.29 is 29.9 Å². The molecule has 0 spiro atoms. The van der Waals surface area contributed by atoms with E-state index in [0.717, 1.165) is 0 Å². The van der Waals surface area contributed by atoms with Crippen LogP contribution in [0.25, 0.3) is 11.2 Å². The lowest BCUT2D eigenvalue weighted by atomic mass is 9.93. The van der Waals surface area contributed by atoms with Crippen LogP contribution in [-0.2, 0) is 4.74 Å². The first kappa shape index (κ1) is 15.8. The first-order chi connectivity index (χ1) is 17.3. The van der Waals surface area contributed by atoms with Crippen LogP contribution in [-0.4, -0.2) is 50.0 Å². The van der Waals surface area contributed by atoms with Crippen LogP contribution in [0.1, 0.15) is 44.9 Å². The van der Waals surface area contributed by atoms with Gasteiger partial charge in [0.1, 0.15) is 17.0 Å². The van der Waals surface area contributed by atoms with Gasteiger partial charge in [-0.15, -0.1) is 0 Å². The fourth-order valence-corrected chi connectivity index (χ4v) is 3.66. The Morgan fingerprint density at radius 1 is 1.16 bits per heavy atom. The number of halogens is 3. The summed E-state index contributed by atoms with van der Waals surface area (Å²) in [7, 11) is 0. The maximum Gasteiger partial charge on any atom is 0.224 e. The van der Waals surface area contributed by atoms with Crippen molar-refractivity contribution >= 4 is 28.7 Å². The van der Waals surface area contributed by atoms with Crippen LogP contribution >= 0.6 is 0 Å². The topological polar surface area (TPSA) is 97.1 Å². The van der Waals surface area contributed by atoms with Gasteiger partial charge in [-0.1, -0.05) is 0 Å². The third kappa shape index (κ3) is 4.09. The van der Waals surface area contributed by atoms with Gasteiger partial charge in [0.25, 0.3) is 0 Å². The highest BCUT2D eigenvalue weighted by atomic mass is 19.1. The second kappa shape index (κ2) is 8.55. The molecule has 3 aromatic rings. The minimum absolute atomic E-state index is 0.0339. The van der Waals surface area contributed by atoms with Crippen molar-refractivity contribution in [3.8, 4) is 0 Å². The van der Waals surface area contributed by atoms with E-state index in [0.29, 0.717) is 25.2 Å². The van der Waals surface area contributed by atoms with E-state index in [4.69, 9.17) is 11.6 Å². The SMILES string of the molecule is [2H]C1([2H])CC(O)CC([2H])([2H])C1([2H])Nc1ncc2nc(Nc3c(F)cc(F)cc3F)n(C3CCOC3)c2n1. The number of fused-ring (bicyclic) bond motifs is 1. The number of rotatable bonds is 5. The highest BCUT2D eigenvalue weighted by Crippen LogP contribution is 2.32.